The molecular weight excluding hydrogens is 242 g/mol. The minimum Gasteiger partial charge on any atom is -0.382 e. The van der Waals surface area contributed by atoms with Crippen LogP contribution in [0.15, 0.2) is 24.8 Å². The summed E-state index contributed by atoms with van der Waals surface area (Å²) in [5.41, 5.74) is 0. The number of aromatic nitrogens is 4. The van der Waals surface area contributed by atoms with Crippen molar-refractivity contribution < 1.29 is 4.74 Å². The highest BCUT2D eigenvalue weighted by molar-refractivity contribution is 5.26. The van der Waals surface area contributed by atoms with E-state index in [2.05, 4.69) is 19.9 Å². The molecule has 104 valence electrons. The summed E-state index contributed by atoms with van der Waals surface area (Å²) in [6, 6.07) is 0. The average Bonchev–Trinajstić information content (AvgIpc) is 3.00. The lowest BCUT2D eigenvalue weighted by atomic mass is 10.4. The predicted octanol–water partition coefficient (Wildman–Crippen LogP) is 1.50. The number of nitrogens with zero attached hydrogens (tertiary/aromatic N) is 4. The molecule has 2 rings (SSSR count). The van der Waals surface area contributed by atoms with Crippen molar-refractivity contribution >= 4 is 5.95 Å². The highest BCUT2D eigenvalue weighted by Crippen LogP contribution is 2.07. The van der Waals surface area contributed by atoms with Crippen molar-refractivity contribution in [1.29, 1.82) is 0 Å². The number of aryl methyl sites for hydroxylation is 1. The summed E-state index contributed by atoms with van der Waals surface area (Å²) in [5.74, 6) is 1.88. The van der Waals surface area contributed by atoms with E-state index in [0.717, 1.165) is 44.5 Å². The Labute approximate surface area is 113 Å². The van der Waals surface area contributed by atoms with Crippen LogP contribution >= 0.6 is 0 Å². The first-order chi connectivity index (χ1) is 9.31. The van der Waals surface area contributed by atoms with Crippen LogP contribution < -0.4 is 5.32 Å². The van der Waals surface area contributed by atoms with Crippen LogP contribution in [0, 0.1) is 0 Å². The van der Waals surface area contributed by atoms with Crippen molar-refractivity contribution in [3.63, 3.8) is 0 Å². The van der Waals surface area contributed by atoms with E-state index in [0.29, 0.717) is 0 Å². The summed E-state index contributed by atoms with van der Waals surface area (Å²) in [5, 5.41) is 3.32. The van der Waals surface area contributed by atoms with Crippen LogP contribution in [0.2, 0.25) is 0 Å². The summed E-state index contributed by atoms with van der Waals surface area (Å²) >= 11 is 0. The van der Waals surface area contributed by atoms with Crippen molar-refractivity contribution in [2.24, 2.45) is 7.05 Å². The Morgan fingerprint density at radius 3 is 2.84 bits per heavy atom. The molecule has 6 heteroatoms. The topological polar surface area (TPSA) is 56.9 Å². The highest BCUT2D eigenvalue weighted by Gasteiger charge is 2.05. The van der Waals surface area contributed by atoms with Crippen LogP contribution in [-0.4, -0.2) is 38.9 Å². The number of nitrogens with one attached hydrogen (secondary N) is 1. The maximum atomic E-state index is 5.30. The lowest BCUT2D eigenvalue weighted by Gasteiger charge is -2.09. The molecule has 0 saturated carbocycles. The second-order valence-electron chi connectivity index (χ2n) is 4.31. The van der Waals surface area contributed by atoms with Gasteiger partial charge in [-0.2, -0.15) is 0 Å². The first-order valence-corrected chi connectivity index (χ1v) is 6.60. The van der Waals surface area contributed by atoms with E-state index < -0.39 is 0 Å². The Morgan fingerprint density at radius 2 is 2.11 bits per heavy atom. The normalized spacial score (nSPS) is 10.8. The molecule has 2 aromatic heterocycles. The number of anilines is 1. The van der Waals surface area contributed by atoms with Gasteiger partial charge in [0, 0.05) is 51.6 Å². The SMILES string of the molecule is CCOCCCNc1nccn1Cc1nccn1C. The molecule has 0 spiro atoms. The Balaban J connectivity index is 1.85. The number of imidazole rings is 2. The zero-order valence-corrected chi connectivity index (χ0v) is 11.5. The van der Waals surface area contributed by atoms with Crippen LogP contribution in [0.1, 0.15) is 19.2 Å². The van der Waals surface area contributed by atoms with Gasteiger partial charge in [-0.1, -0.05) is 0 Å². The third kappa shape index (κ3) is 3.82. The largest absolute Gasteiger partial charge is 0.382 e. The molecule has 0 amide bonds. The molecule has 2 aromatic rings. The third-order valence-corrected chi connectivity index (χ3v) is 2.90. The van der Waals surface area contributed by atoms with Gasteiger partial charge in [-0.05, 0) is 13.3 Å². The maximum absolute atomic E-state index is 5.30. The average molecular weight is 263 g/mol. The Morgan fingerprint density at radius 1 is 1.26 bits per heavy atom. The standard InChI is InChI=1S/C13H21N5O/c1-3-19-10-4-5-15-13-16-7-9-18(13)11-12-14-6-8-17(12)2/h6-9H,3-5,10-11H2,1-2H3,(H,15,16). The zero-order chi connectivity index (χ0) is 13.5. The molecule has 1 N–H and O–H groups in total. The van der Waals surface area contributed by atoms with Crippen molar-refractivity contribution in [1.82, 2.24) is 19.1 Å². The lowest BCUT2D eigenvalue weighted by Crippen LogP contribution is -2.12. The highest BCUT2D eigenvalue weighted by atomic mass is 16.5. The van der Waals surface area contributed by atoms with E-state index in [9.17, 15) is 0 Å². The molecule has 0 aromatic carbocycles. The van der Waals surface area contributed by atoms with Crippen molar-refractivity contribution in [2.75, 3.05) is 25.1 Å². The molecular formula is C13H21N5O. The minimum absolute atomic E-state index is 0.720. The molecule has 0 aliphatic carbocycles. The maximum Gasteiger partial charge on any atom is 0.203 e. The van der Waals surface area contributed by atoms with Gasteiger partial charge < -0.3 is 19.2 Å². The molecule has 0 bridgehead atoms. The van der Waals surface area contributed by atoms with Crippen LogP contribution in [0.5, 0.6) is 0 Å². The van der Waals surface area contributed by atoms with E-state index >= 15 is 0 Å². The quantitative estimate of drug-likeness (QED) is 0.733. The van der Waals surface area contributed by atoms with Gasteiger partial charge in [0.15, 0.2) is 0 Å². The molecule has 0 aliphatic heterocycles. The van der Waals surface area contributed by atoms with Gasteiger partial charge in [0.25, 0.3) is 0 Å². The molecule has 19 heavy (non-hydrogen) atoms. The Bertz CT molecular complexity index is 491. The van der Waals surface area contributed by atoms with Gasteiger partial charge in [-0.25, -0.2) is 9.97 Å². The predicted molar refractivity (Wildman–Crippen MR) is 74.1 cm³/mol. The second kappa shape index (κ2) is 6.94. The van der Waals surface area contributed by atoms with Crippen LogP contribution in [0.4, 0.5) is 5.95 Å². The van der Waals surface area contributed by atoms with Gasteiger partial charge in [0.05, 0.1) is 6.54 Å². The van der Waals surface area contributed by atoms with Crippen molar-refractivity contribution in [3.05, 3.63) is 30.6 Å². The summed E-state index contributed by atoms with van der Waals surface area (Å²) in [4.78, 5) is 8.64. The summed E-state index contributed by atoms with van der Waals surface area (Å²) in [6.07, 6.45) is 8.49. The molecule has 0 unspecified atom stereocenters. The first-order valence-electron chi connectivity index (χ1n) is 6.60. The van der Waals surface area contributed by atoms with E-state index in [1.165, 1.54) is 0 Å². The Kier molecular flexibility index (Phi) is 4.97. The second-order valence-corrected chi connectivity index (χ2v) is 4.31. The van der Waals surface area contributed by atoms with Gasteiger partial charge in [-0.15, -0.1) is 0 Å². The zero-order valence-electron chi connectivity index (χ0n) is 11.5. The van der Waals surface area contributed by atoms with Gasteiger partial charge in [0.1, 0.15) is 5.82 Å². The molecule has 0 fully saturated rings. The van der Waals surface area contributed by atoms with Gasteiger partial charge in [-0.3, -0.25) is 0 Å². The number of hydrogen-bond acceptors (Lipinski definition) is 4. The number of rotatable bonds is 8. The monoisotopic (exact) mass is 263 g/mol. The smallest absolute Gasteiger partial charge is 0.203 e. The summed E-state index contributed by atoms with van der Waals surface area (Å²) < 4.78 is 9.37. The van der Waals surface area contributed by atoms with Crippen LogP contribution in [0.25, 0.3) is 0 Å². The summed E-state index contributed by atoms with van der Waals surface area (Å²) in [6.45, 7) is 5.14. The van der Waals surface area contributed by atoms with E-state index in [4.69, 9.17) is 4.74 Å². The Hall–Kier alpha value is -1.82. The molecule has 0 saturated heterocycles. The molecule has 2 heterocycles. The van der Waals surface area contributed by atoms with Gasteiger partial charge >= 0.3 is 0 Å². The third-order valence-electron chi connectivity index (χ3n) is 2.90. The fourth-order valence-electron chi connectivity index (χ4n) is 1.82. The molecule has 0 aliphatic rings. The van der Waals surface area contributed by atoms with Crippen LogP contribution in [0.3, 0.4) is 0 Å². The fourth-order valence-corrected chi connectivity index (χ4v) is 1.82. The molecule has 0 atom stereocenters. The fraction of sp³-hybridized carbons (Fsp3) is 0.538. The first kappa shape index (κ1) is 13.6. The van der Waals surface area contributed by atoms with E-state index in [1.807, 2.05) is 30.9 Å². The molecule has 6 nitrogen and oxygen atoms in total. The minimum atomic E-state index is 0.720. The number of hydrogen-bond donors (Lipinski definition) is 1. The van der Waals surface area contributed by atoms with Gasteiger partial charge in [0.2, 0.25) is 5.95 Å². The molecule has 0 radical (unpaired) electrons. The van der Waals surface area contributed by atoms with Crippen LogP contribution in [-0.2, 0) is 18.3 Å². The summed E-state index contributed by atoms with van der Waals surface area (Å²) in [7, 11) is 1.99. The van der Waals surface area contributed by atoms with Crippen molar-refractivity contribution in [3.8, 4) is 0 Å². The number of ether oxygens (including phenoxy) is 1. The van der Waals surface area contributed by atoms with Crippen molar-refractivity contribution in [2.45, 2.75) is 19.9 Å². The van der Waals surface area contributed by atoms with E-state index in [1.54, 1.807) is 12.4 Å². The lowest BCUT2D eigenvalue weighted by molar-refractivity contribution is 0.147. The van der Waals surface area contributed by atoms with E-state index in [-0.39, 0.29) is 0 Å².